The Hall–Kier alpha value is -4.59. The molecule has 0 atom stereocenters. The van der Waals surface area contributed by atoms with Gasteiger partial charge in [0.1, 0.15) is 17.3 Å². The Morgan fingerprint density at radius 3 is 2.33 bits per heavy atom. The molecule has 2 aromatic carbocycles. The molecular formula is C28H32F4N6O4. The summed E-state index contributed by atoms with van der Waals surface area (Å²) in [6.45, 7) is 3.43. The number of nitrogens with zero attached hydrogens (tertiary/aromatic N) is 1. The molecule has 3 aromatic rings. The van der Waals surface area contributed by atoms with Crippen LogP contribution in [0.3, 0.4) is 0 Å². The van der Waals surface area contributed by atoms with Crippen molar-refractivity contribution >= 4 is 29.0 Å². The molecule has 226 valence electrons. The lowest BCUT2D eigenvalue weighted by Gasteiger charge is -2.15. The highest BCUT2D eigenvalue weighted by molar-refractivity contribution is 6.11. The molecule has 0 aliphatic carbocycles. The molecule has 0 fully saturated rings. The van der Waals surface area contributed by atoms with Crippen molar-refractivity contribution in [2.75, 3.05) is 49.8 Å². The molecule has 5 N–H and O–H groups in total. The minimum absolute atomic E-state index is 0.132. The van der Waals surface area contributed by atoms with Gasteiger partial charge in [0.2, 0.25) is 5.91 Å². The molecule has 1 aromatic heterocycles. The van der Waals surface area contributed by atoms with E-state index in [0.29, 0.717) is 30.0 Å². The summed E-state index contributed by atoms with van der Waals surface area (Å²) in [5, 5.41) is 17.3. The van der Waals surface area contributed by atoms with E-state index in [0.717, 1.165) is 17.7 Å². The van der Waals surface area contributed by atoms with E-state index >= 15 is 4.39 Å². The average Bonchev–Trinajstić information content (AvgIpc) is 3.39. The second-order valence-electron chi connectivity index (χ2n) is 9.07. The lowest BCUT2D eigenvalue weighted by atomic mass is 10.1. The molecule has 0 saturated carbocycles. The van der Waals surface area contributed by atoms with E-state index in [1.807, 2.05) is 12.1 Å². The van der Waals surface area contributed by atoms with Crippen LogP contribution in [0.25, 0.3) is 0 Å². The SMILES string of the molecule is C=CC(=O)Nc1cc(NCCNCCC(F)(F)F)cc(F)c1C(=O)Nc1cc(CCc2cc(OC)cc(OC)c2)[nH]n1. The molecule has 2 amide bonds. The molecular weight excluding hydrogens is 560 g/mol. The normalized spacial score (nSPS) is 11.1. The zero-order chi connectivity index (χ0) is 30.7. The number of benzene rings is 2. The van der Waals surface area contributed by atoms with Gasteiger partial charge in [0, 0.05) is 43.1 Å². The Balaban J connectivity index is 1.66. The number of rotatable bonds is 15. The first kappa shape index (κ1) is 31.9. The van der Waals surface area contributed by atoms with E-state index in [9.17, 15) is 22.8 Å². The van der Waals surface area contributed by atoms with Crippen LogP contribution in [0.15, 0.2) is 49.1 Å². The number of aromatic amines is 1. The monoisotopic (exact) mass is 592 g/mol. The number of methoxy groups -OCH3 is 2. The van der Waals surface area contributed by atoms with Crippen LogP contribution in [0.4, 0.5) is 34.8 Å². The fourth-order valence-electron chi connectivity index (χ4n) is 3.89. The van der Waals surface area contributed by atoms with Gasteiger partial charge in [0.15, 0.2) is 5.82 Å². The predicted molar refractivity (Wildman–Crippen MR) is 151 cm³/mol. The number of aryl methyl sites for hydroxylation is 2. The topological polar surface area (TPSA) is 129 Å². The highest BCUT2D eigenvalue weighted by Crippen LogP contribution is 2.27. The lowest BCUT2D eigenvalue weighted by Crippen LogP contribution is -2.26. The standard InChI is InChI=1S/C28H32F4N6O4/c1-4-25(39)35-23-14-19(34-10-9-33-8-7-28(30,31)32)13-22(29)26(23)27(40)36-24-15-18(37-38-24)6-5-17-11-20(41-2)16-21(12-17)42-3/h4,11-16,33-34H,1,5-10H2,2-3H3,(H,35,39)(H2,36,37,38,40). The van der Waals surface area contributed by atoms with Gasteiger partial charge in [-0.05, 0) is 48.7 Å². The molecule has 10 nitrogen and oxygen atoms in total. The number of halogens is 4. The maximum absolute atomic E-state index is 15.1. The van der Waals surface area contributed by atoms with Crippen LogP contribution in [0.1, 0.15) is 28.0 Å². The van der Waals surface area contributed by atoms with E-state index in [1.165, 1.54) is 6.07 Å². The van der Waals surface area contributed by atoms with Crippen molar-refractivity contribution in [3.63, 3.8) is 0 Å². The van der Waals surface area contributed by atoms with Crippen molar-refractivity contribution in [2.24, 2.45) is 0 Å². The van der Waals surface area contributed by atoms with E-state index < -0.39 is 35.8 Å². The van der Waals surface area contributed by atoms with Gasteiger partial charge in [-0.2, -0.15) is 18.3 Å². The number of alkyl halides is 3. The first-order valence-corrected chi connectivity index (χ1v) is 12.9. The van der Waals surface area contributed by atoms with E-state index in [1.54, 1.807) is 26.4 Å². The molecule has 42 heavy (non-hydrogen) atoms. The largest absolute Gasteiger partial charge is 0.497 e. The van der Waals surface area contributed by atoms with Crippen molar-refractivity contribution in [3.05, 3.63) is 71.7 Å². The van der Waals surface area contributed by atoms with E-state index in [2.05, 4.69) is 38.0 Å². The number of ether oxygens (including phenoxy) is 2. The Bertz CT molecular complexity index is 1370. The van der Waals surface area contributed by atoms with Crippen LogP contribution in [0, 0.1) is 5.82 Å². The second-order valence-corrected chi connectivity index (χ2v) is 9.07. The third kappa shape index (κ3) is 9.80. The van der Waals surface area contributed by atoms with Crippen molar-refractivity contribution < 1.29 is 36.6 Å². The van der Waals surface area contributed by atoms with Crippen LogP contribution in [0.5, 0.6) is 11.5 Å². The van der Waals surface area contributed by atoms with Crippen molar-refractivity contribution in [1.82, 2.24) is 15.5 Å². The third-order valence-electron chi connectivity index (χ3n) is 5.94. The van der Waals surface area contributed by atoms with Crippen LogP contribution >= 0.6 is 0 Å². The second kappa shape index (κ2) is 14.9. The number of H-pyrrole nitrogens is 1. The molecule has 0 aliphatic rings. The summed E-state index contributed by atoms with van der Waals surface area (Å²) in [7, 11) is 3.13. The van der Waals surface area contributed by atoms with Gasteiger partial charge in [-0.25, -0.2) is 4.39 Å². The molecule has 0 radical (unpaired) electrons. The van der Waals surface area contributed by atoms with Crippen molar-refractivity contribution in [3.8, 4) is 11.5 Å². The summed E-state index contributed by atoms with van der Waals surface area (Å²) in [6.07, 6.45) is -3.12. The molecule has 14 heteroatoms. The zero-order valence-corrected chi connectivity index (χ0v) is 23.1. The highest BCUT2D eigenvalue weighted by atomic mass is 19.4. The Morgan fingerprint density at radius 1 is 0.976 bits per heavy atom. The van der Waals surface area contributed by atoms with Gasteiger partial charge in [-0.3, -0.25) is 14.7 Å². The molecule has 0 saturated heterocycles. The first-order valence-electron chi connectivity index (χ1n) is 12.9. The van der Waals surface area contributed by atoms with E-state index in [4.69, 9.17) is 9.47 Å². The van der Waals surface area contributed by atoms with Crippen LogP contribution < -0.4 is 30.7 Å². The Kier molecular flexibility index (Phi) is 11.3. The van der Waals surface area contributed by atoms with Crippen molar-refractivity contribution in [1.29, 1.82) is 0 Å². The molecule has 3 rings (SSSR count). The number of carbonyl (C=O) groups excluding carboxylic acids is 2. The van der Waals surface area contributed by atoms with E-state index in [-0.39, 0.29) is 36.8 Å². The summed E-state index contributed by atoms with van der Waals surface area (Å²) >= 11 is 0. The van der Waals surface area contributed by atoms with Gasteiger partial charge >= 0.3 is 6.18 Å². The number of nitrogens with one attached hydrogen (secondary N) is 5. The molecule has 1 heterocycles. The fraction of sp³-hybridized carbons (Fsp3) is 0.321. The summed E-state index contributed by atoms with van der Waals surface area (Å²) < 4.78 is 62.5. The summed E-state index contributed by atoms with van der Waals surface area (Å²) in [5.41, 5.74) is 1.30. The van der Waals surface area contributed by atoms with Gasteiger partial charge < -0.3 is 30.7 Å². The quantitative estimate of drug-likeness (QED) is 0.0985. The third-order valence-corrected chi connectivity index (χ3v) is 5.94. The predicted octanol–water partition coefficient (Wildman–Crippen LogP) is 4.68. The number of hydrogen-bond acceptors (Lipinski definition) is 7. The van der Waals surface area contributed by atoms with Crippen LogP contribution in [0.2, 0.25) is 0 Å². The number of aromatic nitrogens is 2. The Morgan fingerprint density at radius 2 is 1.69 bits per heavy atom. The van der Waals surface area contributed by atoms with Gasteiger partial charge in [0.05, 0.1) is 31.9 Å². The molecule has 0 unspecified atom stereocenters. The maximum Gasteiger partial charge on any atom is 0.390 e. The number of amides is 2. The van der Waals surface area contributed by atoms with Crippen LogP contribution in [-0.4, -0.2) is 62.0 Å². The van der Waals surface area contributed by atoms with Gasteiger partial charge in [-0.15, -0.1) is 0 Å². The maximum atomic E-state index is 15.1. The summed E-state index contributed by atoms with van der Waals surface area (Å²) in [6, 6.07) is 9.52. The lowest BCUT2D eigenvalue weighted by molar-refractivity contribution is -0.133. The minimum Gasteiger partial charge on any atom is -0.497 e. The smallest absolute Gasteiger partial charge is 0.390 e. The van der Waals surface area contributed by atoms with Crippen LogP contribution in [-0.2, 0) is 17.6 Å². The Labute approximate surface area is 239 Å². The minimum atomic E-state index is -4.26. The number of anilines is 3. The summed E-state index contributed by atoms with van der Waals surface area (Å²) in [4.78, 5) is 25.0. The number of carbonyl (C=O) groups is 2. The average molecular weight is 593 g/mol. The molecule has 0 bridgehead atoms. The van der Waals surface area contributed by atoms with Gasteiger partial charge in [-0.1, -0.05) is 6.58 Å². The molecule has 0 aliphatic heterocycles. The molecule has 0 spiro atoms. The van der Waals surface area contributed by atoms with Gasteiger partial charge in [0.25, 0.3) is 5.91 Å². The van der Waals surface area contributed by atoms with Crippen molar-refractivity contribution in [2.45, 2.75) is 25.4 Å². The first-order chi connectivity index (χ1) is 20.0. The number of hydrogen-bond donors (Lipinski definition) is 5. The fourth-order valence-corrected chi connectivity index (χ4v) is 3.89. The summed E-state index contributed by atoms with van der Waals surface area (Å²) in [5.74, 6) is -1.02. The highest BCUT2D eigenvalue weighted by Gasteiger charge is 2.26. The zero-order valence-electron chi connectivity index (χ0n) is 23.1.